The Morgan fingerprint density at radius 2 is 1.77 bits per heavy atom. The number of allylic oxidation sites excluding steroid dienone is 2. The van der Waals surface area contributed by atoms with Crippen LogP contribution in [-0.4, -0.2) is 25.8 Å². The van der Waals surface area contributed by atoms with E-state index in [9.17, 15) is 9.59 Å². The van der Waals surface area contributed by atoms with Crippen molar-refractivity contribution in [3.63, 3.8) is 0 Å². The number of carbonyl (C=O) groups is 2. The number of nitrogens with zero attached hydrogens (tertiary/aromatic N) is 3. The highest BCUT2D eigenvalue weighted by Crippen LogP contribution is 2.42. The van der Waals surface area contributed by atoms with Gasteiger partial charge in [0.05, 0.1) is 31.4 Å². The molecule has 7 heteroatoms. The predicted octanol–water partition coefficient (Wildman–Crippen LogP) is 4.96. The van der Waals surface area contributed by atoms with Crippen molar-refractivity contribution < 1.29 is 19.1 Å². The third kappa shape index (κ3) is 3.89. The summed E-state index contributed by atoms with van der Waals surface area (Å²) in [6, 6.07) is 1.14. The molecular weight excluding hydrogens is 334 g/mol. The molecule has 0 fully saturated rings. The van der Waals surface area contributed by atoms with Crippen LogP contribution in [0.2, 0.25) is 0 Å². The minimum Gasteiger partial charge on any atom is -0.496 e. The molecule has 7 nitrogen and oxygen atoms in total. The third-order valence-electron chi connectivity index (χ3n) is 4.46. The molecule has 0 spiro atoms. The molecule has 0 bridgehead atoms. The fourth-order valence-electron chi connectivity index (χ4n) is 3.19. The zero-order valence-electron chi connectivity index (χ0n) is 15.3. The quantitative estimate of drug-likeness (QED) is 0.270. The lowest BCUT2D eigenvalue weighted by Crippen LogP contribution is -2.17. The van der Waals surface area contributed by atoms with Gasteiger partial charge in [0.15, 0.2) is 11.6 Å². The van der Waals surface area contributed by atoms with Crippen LogP contribution in [0.5, 0.6) is 11.5 Å². The zero-order valence-corrected chi connectivity index (χ0v) is 15.3. The summed E-state index contributed by atoms with van der Waals surface area (Å²) < 4.78 is 10.8. The van der Waals surface area contributed by atoms with Crippen molar-refractivity contribution >= 4 is 11.6 Å². The molecule has 1 aliphatic carbocycles. The first-order chi connectivity index (χ1) is 12.6. The van der Waals surface area contributed by atoms with Gasteiger partial charge in [0.2, 0.25) is 0 Å². The van der Waals surface area contributed by atoms with E-state index in [1.54, 1.807) is 6.07 Å². The maximum absolute atomic E-state index is 12.4. The molecule has 1 aromatic carbocycles. The molecule has 1 aliphatic rings. The van der Waals surface area contributed by atoms with Crippen molar-refractivity contribution in [2.75, 3.05) is 14.2 Å². The smallest absolute Gasteiger partial charge is 0.190 e. The first-order valence-electron chi connectivity index (χ1n) is 8.68. The summed E-state index contributed by atoms with van der Waals surface area (Å²) in [6.45, 7) is 2.12. The highest BCUT2D eigenvalue weighted by atomic mass is 16.5. The van der Waals surface area contributed by atoms with Crippen LogP contribution in [0.1, 0.15) is 71.3 Å². The van der Waals surface area contributed by atoms with Crippen LogP contribution in [0.4, 0.5) is 0 Å². The number of carbonyl (C=O) groups excluding carboxylic acids is 2. The largest absolute Gasteiger partial charge is 0.496 e. The van der Waals surface area contributed by atoms with Crippen molar-refractivity contribution in [1.82, 2.24) is 0 Å². The van der Waals surface area contributed by atoms with Crippen molar-refractivity contribution in [2.45, 2.75) is 45.1 Å². The van der Waals surface area contributed by atoms with E-state index >= 15 is 0 Å². The first kappa shape index (κ1) is 19.5. The van der Waals surface area contributed by atoms with Gasteiger partial charge in [-0.3, -0.25) is 9.59 Å². The maximum Gasteiger partial charge on any atom is 0.190 e. The van der Waals surface area contributed by atoms with Gasteiger partial charge in [0.25, 0.3) is 0 Å². The number of hydrogen-bond acceptors (Lipinski definition) is 5. The van der Waals surface area contributed by atoms with Crippen LogP contribution >= 0.6 is 0 Å². The highest BCUT2D eigenvalue weighted by Gasteiger charge is 2.31. The van der Waals surface area contributed by atoms with Crippen molar-refractivity contribution in [3.05, 3.63) is 45.4 Å². The summed E-state index contributed by atoms with van der Waals surface area (Å²) in [4.78, 5) is 27.7. The van der Waals surface area contributed by atoms with E-state index in [0.717, 1.165) is 25.7 Å². The number of ether oxygens (including phenoxy) is 2. The summed E-state index contributed by atoms with van der Waals surface area (Å²) in [7, 11) is 2.87. The number of unbranched alkanes of at least 4 members (excludes halogenated alkanes) is 3. The van der Waals surface area contributed by atoms with Gasteiger partial charge in [0.1, 0.15) is 11.5 Å². The Morgan fingerprint density at radius 1 is 1.08 bits per heavy atom. The van der Waals surface area contributed by atoms with Gasteiger partial charge < -0.3 is 9.47 Å². The van der Waals surface area contributed by atoms with Crippen LogP contribution in [0, 0.1) is 0 Å². The number of rotatable bonds is 9. The number of fused-ring (bicyclic) bond motifs is 1. The van der Waals surface area contributed by atoms with E-state index < -0.39 is 6.04 Å². The normalized spacial score (nSPS) is 13.8. The number of hydrogen-bond donors (Lipinski definition) is 0. The van der Waals surface area contributed by atoms with Gasteiger partial charge in [0, 0.05) is 10.5 Å². The first-order valence-corrected chi connectivity index (χ1v) is 8.68. The van der Waals surface area contributed by atoms with Gasteiger partial charge in [-0.1, -0.05) is 37.7 Å². The van der Waals surface area contributed by atoms with E-state index in [0.29, 0.717) is 12.0 Å². The van der Waals surface area contributed by atoms with Crippen LogP contribution in [0.3, 0.4) is 0 Å². The van der Waals surface area contributed by atoms with Gasteiger partial charge in [-0.15, -0.1) is 0 Å². The topological polar surface area (TPSA) is 101 Å². The fourth-order valence-corrected chi connectivity index (χ4v) is 3.19. The molecule has 0 amide bonds. The van der Waals surface area contributed by atoms with E-state index in [1.807, 2.05) is 0 Å². The van der Waals surface area contributed by atoms with Crippen molar-refractivity contribution in [3.8, 4) is 11.5 Å². The summed E-state index contributed by atoms with van der Waals surface area (Å²) in [5, 5.41) is 3.90. The maximum atomic E-state index is 12.4. The van der Waals surface area contributed by atoms with Crippen molar-refractivity contribution in [2.24, 2.45) is 5.11 Å². The standard InChI is InChI=1S/C19H23N3O4/c1-4-5-6-7-8-13(21-22-20)12-11-16(25-2)17-14(23)9-10-15(24)18(17)19(12)26-3/h9-11,13H,4-8H2,1-3H3. The average molecular weight is 357 g/mol. The molecule has 1 unspecified atom stereocenters. The van der Waals surface area contributed by atoms with Gasteiger partial charge >= 0.3 is 0 Å². The van der Waals surface area contributed by atoms with E-state index in [1.165, 1.54) is 26.4 Å². The second-order valence-electron chi connectivity index (χ2n) is 6.08. The molecule has 0 heterocycles. The van der Waals surface area contributed by atoms with E-state index in [-0.39, 0.29) is 34.2 Å². The van der Waals surface area contributed by atoms with Crippen LogP contribution in [0.25, 0.3) is 10.4 Å². The number of azide groups is 1. The molecule has 0 N–H and O–H groups in total. The van der Waals surface area contributed by atoms with Gasteiger partial charge in [-0.05, 0) is 30.2 Å². The molecule has 0 saturated carbocycles. The molecule has 1 aromatic rings. The van der Waals surface area contributed by atoms with E-state index in [4.69, 9.17) is 15.0 Å². The highest BCUT2D eigenvalue weighted by molar-refractivity contribution is 6.24. The second kappa shape index (κ2) is 9.06. The summed E-state index contributed by atoms with van der Waals surface area (Å²) in [6.07, 6.45) is 7.18. The minimum absolute atomic E-state index is 0.168. The van der Waals surface area contributed by atoms with Crippen molar-refractivity contribution in [1.29, 1.82) is 0 Å². The molecule has 2 rings (SSSR count). The Kier molecular flexibility index (Phi) is 6.81. The Balaban J connectivity index is 2.57. The third-order valence-corrected chi connectivity index (χ3v) is 4.46. The lowest BCUT2D eigenvalue weighted by Gasteiger charge is -2.22. The lowest BCUT2D eigenvalue weighted by molar-refractivity contribution is 0.0988. The monoisotopic (exact) mass is 357 g/mol. The number of benzene rings is 1. The fraction of sp³-hybridized carbons (Fsp3) is 0.474. The van der Waals surface area contributed by atoms with Crippen LogP contribution in [-0.2, 0) is 0 Å². The molecule has 138 valence electrons. The Hall–Kier alpha value is -2.79. The Labute approximate surface area is 152 Å². The molecular formula is C19H23N3O4. The summed E-state index contributed by atoms with van der Waals surface area (Å²) in [5.41, 5.74) is 9.90. The Morgan fingerprint density at radius 3 is 2.35 bits per heavy atom. The molecule has 0 radical (unpaired) electrons. The molecule has 26 heavy (non-hydrogen) atoms. The Bertz CT molecular complexity index is 779. The summed E-state index contributed by atoms with van der Waals surface area (Å²) in [5.74, 6) is -0.0894. The number of ketones is 2. The molecule has 1 atom stereocenters. The predicted molar refractivity (Wildman–Crippen MR) is 98.0 cm³/mol. The zero-order chi connectivity index (χ0) is 19.1. The minimum atomic E-state index is -0.500. The van der Waals surface area contributed by atoms with Gasteiger partial charge in [-0.25, -0.2) is 0 Å². The molecule has 0 aliphatic heterocycles. The average Bonchev–Trinajstić information content (AvgIpc) is 2.65. The van der Waals surface area contributed by atoms with Crippen LogP contribution < -0.4 is 9.47 Å². The molecule has 0 aromatic heterocycles. The van der Waals surface area contributed by atoms with E-state index in [2.05, 4.69) is 16.9 Å². The lowest BCUT2D eigenvalue weighted by atomic mass is 9.88. The summed E-state index contributed by atoms with van der Waals surface area (Å²) >= 11 is 0. The second-order valence-corrected chi connectivity index (χ2v) is 6.08. The molecule has 0 saturated heterocycles. The number of methoxy groups -OCH3 is 2. The van der Waals surface area contributed by atoms with Crippen LogP contribution in [0.15, 0.2) is 23.3 Å². The SMILES string of the molecule is CCCCCCC(N=[N+]=[N-])c1cc(OC)c2c(c1OC)C(=O)C=CC2=O. The van der Waals surface area contributed by atoms with Gasteiger partial charge in [-0.2, -0.15) is 0 Å².